The van der Waals surface area contributed by atoms with Gasteiger partial charge in [-0.2, -0.15) is 0 Å². The molecule has 160 valence electrons. The average molecular weight is 437 g/mol. The predicted molar refractivity (Wildman–Crippen MR) is 121 cm³/mol. The Morgan fingerprint density at radius 1 is 1.13 bits per heavy atom. The Morgan fingerprint density at radius 2 is 1.94 bits per heavy atom. The molecule has 3 aromatic rings. The summed E-state index contributed by atoms with van der Waals surface area (Å²) >= 11 is 1.29. The Balaban J connectivity index is 1.30. The summed E-state index contributed by atoms with van der Waals surface area (Å²) in [6, 6.07) is 6.47. The molecule has 1 aliphatic rings. The van der Waals surface area contributed by atoms with Gasteiger partial charge in [0.25, 0.3) is 5.91 Å². The molecule has 1 aromatic carbocycles. The van der Waals surface area contributed by atoms with Crippen molar-refractivity contribution >= 4 is 34.0 Å². The second-order valence-electron chi connectivity index (χ2n) is 7.52. The van der Waals surface area contributed by atoms with Gasteiger partial charge in [-0.05, 0) is 31.0 Å². The van der Waals surface area contributed by atoms with Crippen molar-refractivity contribution in [3.8, 4) is 0 Å². The zero-order valence-corrected chi connectivity index (χ0v) is 18.4. The quantitative estimate of drug-likeness (QED) is 0.661. The van der Waals surface area contributed by atoms with Crippen molar-refractivity contribution in [2.45, 2.75) is 20.3 Å². The maximum absolute atomic E-state index is 12.8. The predicted octanol–water partition coefficient (Wildman–Crippen LogP) is 2.69. The van der Waals surface area contributed by atoms with Gasteiger partial charge in [-0.15, -0.1) is 11.3 Å². The Hall–Kier alpha value is -3.33. The van der Waals surface area contributed by atoms with Crippen molar-refractivity contribution in [3.63, 3.8) is 0 Å². The number of aromatic nitrogens is 3. The Labute approximate surface area is 185 Å². The lowest BCUT2D eigenvalue weighted by atomic mass is 10.1. The largest absolute Gasteiger partial charge is 0.368 e. The van der Waals surface area contributed by atoms with Gasteiger partial charge in [0.2, 0.25) is 5.91 Å². The molecule has 0 atom stereocenters. The zero-order chi connectivity index (χ0) is 21.8. The van der Waals surface area contributed by atoms with E-state index < -0.39 is 0 Å². The van der Waals surface area contributed by atoms with Crippen molar-refractivity contribution < 1.29 is 9.59 Å². The van der Waals surface area contributed by atoms with E-state index in [0.29, 0.717) is 23.9 Å². The average Bonchev–Trinajstić information content (AvgIpc) is 3.22. The van der Waals surface area contributed by atoms with Gasteiger partial charge >= 0.3 is 0 Å². The van der Waals surface area contributed by atoms with E-state index in [1.165, 1.54) is 46.7 Å². The summed E-state index contributed by atoms with van der Waals surface area (Å²) in [7, 11) is 0. The van der Waals surface area contributed by atoms with E-state index in [9.17, 15) is 9.59 Å². The number of carbonyl (C=O) groups excluding carboxylic acids is 2. The molecule has 31 heavy (non-hydrogen) atoms. The lowest BCUT2D eigenvalue weighted by Crippen LogP contribution is -2.49. The van der Waals surface area contributed by atoms with Crippen LogP contribution in [0.15, 0.2) is 42.2 Å². The van der Waals surface area contributed by atoms with Gasteiger partial charge in [-0.25, -0.2) is 9.97 Å². The highest BCUT2D eigenvalue weighted by molar-refractivity contribution is 7.14. The Bertz CT molecular complexity index is 1080. The van der Waals surface area contributed by atoms with Crippen molar-refractivity contribution in [2.24, 2.45) is 0 Å². The van der Waals surface area contributed by atoms with Gasteiger partial charge in [0.1, 0.15) is 5.69 Å². The standard InChI is InChI=1S/C22H24N6O2S/c1-15-3-4-16(2)19(11-15)27-7-9-28(10-8-27)20(29)12-17-14-31-22(25-17)26-21(30)18-13-23-5-6-24-18/h3-6,11,13-14H,7-10,12H2,1-2H3,(H,25,26,30). The second kappa shape index (κ2) is 9.22. The van der Waals surface area contributed by atoms with Crippen LogP contribution < -0.4 is 10.2 Å². The SMILES string of the molecule is Cc1ccc(C)c(N2CCN(C(=O)Cc3csc(NC(=O)c4cnccn4)n3)CC2)c1. The molecule has 0 unspecified atom stereocenters. The summed E-state index contributed by atoms with van der Waals surface area (Å²) in [6.07, 6.45) is 4.58. The molecule has 8 nitrogen and oxygen atoms in total. The van der Waals surface area contributed by atoms with Gasteiger partial charge in [0.05, 0.1) is 18.3 Å². The molecule has 3 heterocycles. The van der Waals surface area contributed by atoms with Crippen LogP contribution in [0.4, 0.5) is 10.8 Å². The second-order valence-corrected chi connectivity index (χ2v) is 8.38. The molecule has 2 aromatic heterocycles. The molecule has 1 saturated heterocycles. The molecule has 0 aliphatic carbocycles. The summed E-state index contributed by atoms with van der Waals surface area (Å²) in [5.41, 5.74) is 4.61. The van der Waals surface area contributed by atoms with Crippen LogP contribution >= 0.6 is 11.3 Å². The highest BCUT2D eigenvalue weighted by atomic mass is 32.1. The van der Waals surface area contributed by atoms with E-state index in [4.69, 9.17) is 0 Å². The van der Waals surface area contributed by atoms with Crippen LogP contribution in [-0.2, 0) is 11.2 Å². The Morgan fingerprint density at radius 3 is 2.68 bits per heavy atom. The molecule has 1 fully saturated rings. The molecule has 9 heteroatoms. The summed E-state index contributed by atoms with van der Waals surface area (Å²) in [6.45, 7) is 7.22. The zero-order valence-electron chi connectivity index (χ0n) is 17.5. The first-order valence-corrected chi connectivity index (χ1v) is 11.0. The van der Waals surface area contributed by atoms with Crippen LogP contribution in [0, 0.1) is 13.8 Å². The minimum Gasteiger partial charge on any atom is -0.368 e. The molecule has 0 radical (unpaired) electrons. The van der Waals surface area contributed by atoms with E-state index in [1.54, 1.807) is 5.38 Å². The number of carbonyl (C=O) groups is 2. The summed E-state index contributed by atoms with van der Waals surface area (Å²) in [4.78, 5) is 41.4. The summed E-state index contributed by atoms with van der Waals surface area (Å²) in [5.74, 6) is -0.319. The van der Waals surface area contributed by atoms with Crippen LogP contribution in [0.25, 0.3) is 0 Å². The number of hydrogen-bond donors (Lipinski definition) is 1. The number of piperazine rings is 1. The monoisotopic (exact) mass is 436 g/mol. The molecule has 4 rings (SSSR count). The van der Waals surface area contributed by atoms with E-state index in [1.807, 2.05) is 4.90 Å². The number of anilines is 2. The smallest absolute Gasteiger partial charge is 0.277 e. The third kappa shape index (κ3) is 5.05. The van der Waals surface area contributed by atoms with Gasteiger partial charge in [0.15, 0.2) is 5.13 Å². The summed E-state index contributed by atoms with van der Waals surface area (Å²) < 4.78 is 0. The van der Waals surface area contributed by atoms with E-state index in [2.05, 4.69) is 57.2 Å². The number of thiazole rings is 1. The maximum atomic E-state index is 12.8. The lowest BCUT2D eigenvalue weighted by molar-refractivity contribution is -0.130. The fourth-order valence-electron chi connectivity index (χ4n) is 3.55. The molecule has 1 aliphatic heterocycles. The van der Waals surface area contributed by atoms with Crippen molar-refractivity contribution in [1.29, 1.82) is 0 Å². The molecule has 2 amide bonds. The summed E-state index contributed by atoms with van der Waals surface area (Å²) in [5, 5.41) is 4.94. The highest BCUT2D eigenvalue weighted by Crippen LogP contribution is 2.23. The molecule has 0 spiro atoms. The number of benzene rings is 1. The molecular weight excluding hydrogens is 412 g/mol. The van der Waals surface area contributed by atoms with Crippen molar-refractivity contribution in [2.75, 3.05) is 36.4 Å². The molecule has 0 saturated carbocycles. The van der Waals surface area contributed by atoms with Crippen molar-refractivity contribution in [3.05, 3.63) is 64.7 Å². The number of amides is 2. The van der Waals surface area contributed by atoms with Crippen LogP contribution in [0.2, 0.25) is 0 Å². The molecular formula is C22H24N6O2S. The highest BCUT2D eigenvalue weighted by Gasteiger charge is 2.23. The number of hydrogen-bond acceptors (Lipinski definition) is 7. The van der Waals surface area contributed by atoms with E-state index in [-0.39, 0.29) is 23.9 Å². The van der Waals surface area contributed by atoms with E-state index >= 15 is 0 Å². The third-order valence-electron chi connectivity index (χ3n) is 5.24. The van der Waals surface area contributed by atoms with Crippen LogP contribution in [0.1, 0.15) is 27.3 Å². The minimum absolute atomic E-state index is 0.0534. The van der Waals surface area contributed by atoms with E-state index in [0.717, 1.165) is 13.1 Å². The van der Waals surface area contributed by atoms with Gasteiger partial charge in [-0.1, -0.05) is 12.1 Å². The van der Waals surface area contributed by atoms with Crippen LogP contribution in [0.3, 0.4) is 0 Å². The Kier molecular flexibility index (Phi) is 6.22. The fraction of sp³-hybridized carbons (Fsp3) is 0.318. The molecule has 1 N–H and O–H groups in total. The number of nitrogens with zero attached hydrogens (tertiary/aromatic N) is 5. The van der Waals surface area contributed by atoms with Crippen LogP contribution in [0.5, 0.6) is 0 Å². The first-order chi connectivity index (χ1) is 15.0. The van der Waals surface area contributed by atoms with Gasteiger partial charge in [-0.3, -0.25) is 19.9 Å². The van der Waals surface area contributed by atoms with Crippen LogP contribution in [-0.4, -0.2) is 57.8 Å². The fourth-order valence-corrected chi connectivity index (χ4v) is 4.25. The first kappa shape index (κ1) is 20.9. The molecule has 0 bridgehead atoms. The van der Waals surface area contributed by atoms with Gasteiger partial charge < -0.3 is 9.80 Å². The normalized spacial score (nSPS) is 13.9. The number of rotatable bonds is 5. The third-order valence-corrected chi connectivity index (χ3v) is 6.04. The van der Waals surface area contributed by atoms with Gasteiger partial charge in [0, 0.05) is 49.6 Å². The topological polar surface area (TPSA) is 91.3 Å². The first-order valence-electron chi connectivity index (χ1n) is 10.1. The number of aryl methyl sites for hydroxylation is 2. The van der Waals surface area contributed by atoms with Crippen molar-refractivity contribution in [1.82, 2.24) is 19.9 Å². The maximum Gasteiger partial charge on any atom is 0.277 e. The lowest BCUT2D eigenvalue weighted by Gasteiger charge is -2.37. The minimum atomic E-state index is -0.372. The number of nitrogens with one attached hydrogen (secondary N) is 1.